The lowest BCUT2D eigenvalue weighted by atomic mass is 9.93. The molecule has 0 heterocycles. The molecule has 3 unspecified atom stereocenters. The normalized spacial score (nSPS) is 13.8. The van der Waals surface area contributed by atoms with Gasteiger partial charge in [0.25, 0.3) is 0 Å². The van der Waals surface area contributed by atoms with E-state index in [2.05, 4.69) is 234 Å². The van der Waals surface area contributed by atoms with Gasteiger partial charge in [0.1, 0.15) is 0 Å². The van der Waals surface area contributed by atoms with Gasteiger partial charge in [-0.05, 0) is 122 Å². The molecule has 318 valence electrons. The average Bonchev–Trinajstić information content (AvgIpc) is 3.32. The molecule has 3 heteroatoms. The van der Waals surface area contributed by atoms with Gasteiger partial charge in [0.2, 0.25) is 0 Å². The number of hydrogen-bond acceptors (Lipinski definition) is 3. The second-order valence-electron chi connectivity index (χ2n) is 15.3. The molecule has 1 N–H and O–H groups in total. The number of nitrogens with zero attached hydrogens (tertiary/aromatic N) is 2. The summed E-state index contributed by atoms with van der Waals surface area (Å²) >= 11 is 0. The Labute approximate surface area is 370 Å². The zero-order valence-corrected chi connectivity index (χ0v) is 39.0. The number of nitrogens with one attached hydrogen (secondary N) is 1. The van der Waals surface area contributed by atoms with E-state index >= 15 is 0 Å². The van der Waals surface area contributed by atoms with E-state index in [4.69, 9.17) is 0 Å². The summed E-state index contributed by atoms with van der Waals surface area (Å²) in [5.41, 5.74) is 18.8. The third-order valence-electron chi connectivity index (χ3n) is 11.1. The average molecular weight is 810 g/mol. The number of benzene rings is 5. The summed E-state index contributed by atoms with van der Waals surface area (Å²) in [6.45, 7) is 20.9. The summed E-state index contributed by atoms with van der Waals surface area (Å²) in [4.78, 5) is 4.58. The van der Waals surface area contributed by atoms with E-state index in [1.807, 2.05) is 27.7 Å². The molecule has 0 amide bonds. The van der Waals surface area contributed by atoms with Gasteiger partial charge in [0, 0.05) is 47.2 Å². The molecule has 0 saturated carbocycles. The first kappa shape index (κ1) is 47.8. The van der Waals surface area contributed by atoms with Crippen LogP contribution in [0.25, 0.3) is 28.0 Å². The van der Waals surface area contributed by atoms with Gasteiger partial charge in [-0.25, -0.2) is 0 Å². The standard InChI is InChI=1S/C54H59N3.2C2H6/c1-9-21-53(56(6)7)46-30-28-44(29-31-46)47-32-33-54(51(38-47)41(10-2)11-3)57(8)50-36-48(35-49(37-50)43-24-17-13-18-25-43)40(5)55-52(45-26-19-14-20-27-45)34-39(4)42-22-15-12-16-23-42;2*1-2/h9,12,14-17,19-40,53,55H,2,11,13,18H2,1,3-8H3;2*1-2H3/b21-9-,52-34-;;. The summed E-state index contributed by atoms with van der Waals surface area (Å²) in [6, 6.07) is 44.6. The SMILES string of the molecule is C=C=C(CC)c1cc(-c2ccc(C(/C=C\C)N(C)C)cc2)ccc1N(C)c1cc(C2=CCCC=C2)cc(C(C)N/C(=C\C(C)c2ccccc2)c2ccccc2)c1.CC.CC. The zero-order chi connectivity index (χ0) is 44.3. The molecule has 5 aromatic carbocycles. The molecule has 3 atom stereocenters. The molecule has 61 heavy (non-hydrogen) atoms. The molecule has 0 fully saturated rings. The van der Waals surface area contributed by atoms with Gasteiger partial charge in [-0.2, -0.15) is 0 Å². The van der Waals surface area contributed by atoms with Crippen molar-refractivity contribution in [3.63, 3.8) is 0 Å². The minimum absolute atomic E-state index is 0.0312. The van der Waals surface area contributed by atoms with Crippen molar-refractivity contribution in [3.05, 3.63) is 203 Å². The number of rotatable bonds is 15. The van der Waals surface area contributed by atoms with E-state index in [0.717, 1.165) is 47.5 Å². The van der Waals surface area contributed by atoms with Crippen LogP contribution in [0.15, 0.2) is 170 Å². The Kier molecular flexibility index (Phi) is 19.1. The zero-order valence-electron chi connectivity index (χ0n) is 39.0. The van der Waals surface area contributed by atoms with Gasteiger partial charge < -0.3 is 10.2 Å². The fourth-order valence-corrected chi connectivity index (χ4v) is 7.77. The lowest BCUT2D eigenvalue weighted by Crippen LogP contribution is -2.19. The third-order valence-corrected chi connectivity index (χ3v) is 11.1. The van der Waals surface area contributed by atoms with E-state index < -0.39 is 0 Å². The van der Waals surface area contributed by atoms with Crippen LogP contribution in [0, 0.1) is 0 Å². The Balaban J connectivity index is 0.00000199. The number of likely N-dealkylation sites (N-methyl/N-ethyl adjacent to an activating group) is 1. The fraction of sp³-hybridized carbons (Fsp3) is 0.293. The van der Waals surface area contributed by atoms with Crippen molar-refractivity contribution in [2.75, 3.05) is 26.0 Å². The molecular weight excluding hydrogens is 739 g/mol. The van der Waals surface area contributed by atoms with E-state index in [1.165, 1.54) is 44.5 Å². The molecule has 6 rings (SSSR count). The van der Waals surface area contributed by atoms with Crippen LogP contribution in [-0.4, -0.2) is 26.0 Å². The van der Waals surface area contributed by atoms with Gasteiger partial charge in [-0.3, -0.25) is 4.90 Å². The second kappa shape index (κ2) is 24.4. The van der Waals surface area contributed by atoms with Gasteiger partial charge in [0.15, 0.2) is 0 Å². The summed E-state index contributed by atoms with van der Waals surface area (Å²) in [5.74, 6) is 0.241. The maximum absolute atomic E-state index is 4.13. The molecule has 0 spiro atoms. The highest BCUT2D eigenvalue weighted by molar-refractivity contribution is 5.85. The van der Waals surface area contributed by atoms with Crippen LogP contribution in [0.2, 0.25) is 0 Å². The van der Waals surface area contributed by atoms with Crippen molar-refractivity contribution < 1.29 is 0 Å². The van der Waals surface area contributed by atoms with Crippen LogP contribution in [-0.2, 0) is 0 Å². The Morgan fingerprint density at radius 1 is 0.738 bits per heavy atom. The molecule has 5 aromatic rings. The molecule has 1 aliphatic carbocycles. The minimum atomic E-state index is 0.0312. The Bertz CT molecular complexity index is 2280. The van der Waals surface area contributed by atoms with E-state index in [9.17, 15) is 0 Å². The van der Waals surface area contributed by atoms with E-state index in [-0.39, 0.29) is 18.0 Å². The monoisotopic (exact) mass is 810 g/mol. The number of hydrogen-bond donors (Lipinski definition) is 1. The van der Waals surface area contributed by atoms with Gasteiger partial charge in [0.05, 0.1) is 6.04 Å². The maximum Gasteiger partial charge on any atom is 0.0526 e. The highest BCUT2D eigenvalue weighted by Crippen LogP contribution is 2.39. The molecular formula is C58H71N3. The predicted molar refractivity (Wildman–Crippen MR) is 270 cm³/mol. The first-order chi connectivity index (χ1) is 29.7. The van der Waals surface area contributed by atoms with Crippen molar-refractivity contribution in [1.29, 1.82) is 0 Å². The molecule has 1 aliphatic rings. The van der Waals surface area contributed by atoms with Crippen LogP contribution in [0.1, 0.15) is 126 Å². The number of allylic oxidation sites excluding steroid dienone is 7. The van der Waals surface area contributed by atoms with Crippen LogP contribution in [0.3, 0.4) is 0 Å². The first-order valence-corrected chi connectivity index (χ1v) is 22.5. The van der Waals surface area contributed by atoms with E-state index in [1.54, 1.807) is 0 Å². The Hall–Kier alpha value is -5.86. The van der Waals surface area contributed by atoms with Crippen molar-refractivity contribution in [3.8, 4) is 11.1 Å². The molecule has 0 radical (unpaired) electrons. The maximum atomic E-state index is 4.13. The second-order valence-corrected chi connectivity index (χ2v) is 15.3. The summed E-state index contributed by atoms with van der Waals surface area (Å²) in [5, 5.41) is 3.96. The van der Waals surface area contributed by atoms with Gasteiger partial charge in [-0.1, -0.05) is 176 Å². The fourth-order valence-electron chi connectivity index (χ4n) is 7.77. The predicted octanol–water partition coefficient (Wildman–Crippen LogP) is 16.2. The Morgan fingerprint density at radius 3 is 1.98 bits per heavy atom. The molecule has 3 nitrogen and oxygen atoms in total. The lowest BCUT2D eigenvalue weighted by Gasteiger charge is -2.27. The van der Waals surface area contributed by atoms with Crippen LogP contribution < -0.4 is 10.2 Å². The van der Waals surface area contributed by atoms with Crippen molar-refractivity contribution in [2.45, 2.75) is 92.7 Å². The third kappa shape index (κ3) is 12.6. The van der Waals surface area contributed by atoms with Gasteiger partial charge >= 0.3 is 0 Å². The molecule has 0 bridgehead atoms. The van der Waals surface area contributed by atoms with Crippen LogP contribution >= 0.6 is 0 Å². The highest BCUT2D eigenvalue weighted by atomic mass is 15.1. The minimum Gasteiger partial charge on any atom is -0.378 e. The quantitative estimate of drug-likeness (QED) is 0.0839. The smallest absolute Gasteiger partial charge is 0.0526 e. The number of anilines is 2. The summed E-state index contributed by atoms with van der Waals surface area (Å²) in [6.07, 6.45) is 16.6. The van der Waals surface area contributed by atoms with E-state index in [0.29, 0.717) is 0 Å². The largest absolute Gasteiger partial charge is 0.378 e. The summed E-state index contributed by atoms with van der Waals surface area (Å²) in [7, 11) is 6.44. The van der Waals surface area contributed by atoms with Crippen LogP contribution in [0.4, 0.5) is 11.4 Å². The molecule has 0 saturated heterocycles. The Morgan fingerprint density at radius 2 is 1.39 bits per heavy atom. The van der Waals surface area contributed by atoms with Crippen LogP contribution in [0.5, 0.6) is 0 Å². The van der Waals surface area contributed by atoms with Crippen molar-refractivity contribution in [2.24, 2.45) is 0 Å². The molecule has 0 aromatic heterocycles. The lowest BCUT2D eigenvalue weighted by molar-refractivity contribution is 0.351. The summed E-state index contributed by atoms with van der Waals surface area (Å²) < 4.78 is 0. The highest BCUT2D eigenvalue weighted by Gasteiger charge is 2.19. The van der Waals surface area contributed by atoms with Crippen molar-refractivity contribution in [1.82, 2.24) is 10.2 Å². The topological polar surface area (TPSA) is 18.5 Å². The van der Waals surface area contributed by atoms with Crippen molar-refractivity contribution >= 4 is 28.2 Å². The first-order valence-electron chi connectivity index (χ1n) is 22.5. The molecule has 0 aliphatic heterocycles. The van der Waals surface area contributed by atoms with Gasteiger partial charge in [-0.15, -0.1) is 5.73 Å².